The molecule has 2 atom stereocenters. The zero-order valence-electron chi connectivity index (χ0n) is 12.0. The zero-order chi connectivity index (χ0) is 14.1. The fourth-order valence-electron chi connectivity index (χ4n) is 2.78. The van der Waals surface area contributed by atoms with Crippen molar-refractivity contribution in [3.8, 4) is 0 Å². The summed E-state index contributed by atoms with van der Waals surface area (Å²) in [7, 11) is 0. The maximum Gasteiger partial charge on any atom is 0.303 e. The maximum atomic E-state index is 11.9. The molecule has 19 heavy (non-hydrogen) atoms. The molecule has 0 aromatic carbocycles. The molecule has 0 aromatic rings. The molecule has 0 bridgehead atoms. The van der Waals surface area contributed by atoms with Gasteiger partial charge in [-0.25, -0.2) is 0 Å². The van der Waals surface area contributed by atoms with Gasteiger partial charge in [0.2, 0.25) is 5.91 Å². The van der Waals surface area contributed by atoms with Gasteiger partial charge < -0.3 is 10.4 Å². The largest absolute Gasteiger partial charge is 0.481 e. The van der Waals surface area contributed by atoms with Crippen molar-refractivity contribution in [1.82, 2.24) is 5.32 Å². The van der Waals surface area contributed by atoms with E-state index in [4.69, 9.17) is 5.11 Å². The summed E-state index contributed by atoms with van der Waals surface area (Å²) in [6.07, 6.45) is 8.38. The number of rotatable bonds is 8. The van der Waals surface area contributed by atoms with Crippen molar-refractivity contribution in [3.63, 3.8) is 0 Å². The normalized spacial score (nSPS) is 23.0. The Labute approximate surface area is 116 Å². The number of nitrogens with one attached hydrogen (secondary N) is 1. The molecule has 1 rings (SSSR count). The van der Waals surface area contributed by atoms with E-state index >= 15 is 0 Å². The minimum atomic E-state index is -0.722. The van der Waals surface area contributed by atoms with E-state index < -0.39 is 5.97 Å². The predicted octanol–water partition coefficient (Wildman–Crippen LogP) is 2.96. The third-order valence-electron chi connectivity index (χ3n) is 3.92. The lowest BCUT2D eigenvalue weighted by molar-refractivity contribution is -0.137. The molecule has 4 nitrogen and oxygen atoms in total. The number of hydrogen-bond donors (Lipinski definition) is 2. The van der Waals surface area contributed by atoms with Crippen LogP contribution in [0.1, 0.15) is 64.7 Å². The molecule has 1 fully saturated rings. The van der Waals surface area contributed by atoms with Gasteiger partial charge in [0, 0.05) is 18.9 Å². The molecule has 0 aromatic heterocycles. The summed E-state index contributed by atoms with van der Waals surface area (Å²) in [6.45, 7) is 2.96. The van der Waals surface area contributed by atoms with E-state index in [9.17, 15) is 9.59 Å². The minimum Gasteiger partial charge on any atom is -0.481 e. The van der Waals surface area contributed by atoms with Crippen LogP contribution in [0.2, 0.25) is 0 Å². The molecule has 4 heteroatoms. The predicted molar refractivity (Wildman–Crippen MR) is 74.9 cm³/mol. The van der Waals surface area contributed by atoms with Gasteiger partial charge in [-0.1, -0.05) is 32.6 Å². The van der Waals surface area contributed by atoms with Crippen LogP contribution in [0.4, 0.5) is 0 Å². The summed E-state index contributed by atoms with van der Waals surface area (Å²) in [5.74, 6) is 0.396. The van der Waals surface area contributed by atoms with Crippen LogP contribution in [0.5, 0.6) is 0 Å². The van der Waals surface area contributed by atoms with E-state index in [1.807, 2.05) is 0 Å². The van der Waals surface area contributed by atoms with Crippen molar-refractivity contribution in [3.05, 3.63) is 0 Å². The van der Waals surface area contributed by atoms with E-state index in [2.05, 4.69) is 12.2 Å². The minimum absolute atomic E-state index is 0.218. The Morgan fingerprint density at radius 3 is 2.58 bits per heavy atom. The van der Waals surface area contributed by atoms with E-state index in [1.165, 1.54) is 12.8 Å². The Bertz CT molecular complexity index is 291. The number of carboxylic acid groups (broad SMARTS) is 1. The van der Waals surface area contributed by atoms with Crippen molar-refractivity contribution in [2.24, 2.45) is 11.8 Å². The van der Waals surface area contributed by atoms with Crippen LogP contribution < -0.4 is 5.32 Å². The van der Waals surface area contributed by atoms with Gasteiger partial charge in [0.1, 0.15) is 0 Å². The molecule has 0 radical (unpaired) electrons. The standard InChI is InChI=1S/C15H27NO3/c1-12-7-6-8-13(11-12)15(19)16-10-5-3-2-4-9-14(17)18/h12-13H,2-11H2,1H3,(H,16,19)(H,17,18)/t12-,13+/m1/s1. The average Bonchev–Trinajstić information content (AvgIpc) is 2.37. The van der Waals surface area contributed by atoms with Gasteiger partial charge in [0.25, 0.3) is 0 Å². The molecule has 1 amide bonds. The maximum absolute atomic E-state index is 11.9. The van der Waals surface area contributed by atoms with Gasteiger partial charge in [-0.3, -0.25) is 9.59 Å². The number of carbonyl (C=O) groups is 2. The van der Waals surface area contributed by atoms with Crippen molar-refractivity contribution in [2.45, 2.75) is 64.7 Å². The molecule has 0 unspecified atom stereocenters. The van der Waals surface area contributed by atoms with E-state index in [0.717, 1.165) is 45.1 Å². The third kappa shape index (κ3) is 7.19. The lowest BCUT2D eigenvalue weighted by Crippen LogP contribution is -2.34. The molecule has 0 aliphatic heterocycles. The SMILES string of the molecule is C[C@@H]1CCC[C@H](C(=O)NCCCCCCC(=O)O)C1. The molecule has 0 heterocycles. The van der Waals surface area contributed by atoms with Crippen LogP contribution in [0.15, 0.2) is 0 Å². The first kappa shape index (κ1) is 16.0. The number of amides is 1. The lowest BCUT2D eigenvalue weighted by atomic mass is 9.82. The van der Waals surface area contributed by atoms with Crippen LogP contribution in [0, 0.1) is 11.8 Å². The van der Waals surface area contributed by atoms with E-state index in [-0.39, 0.29) is 18.2 Å². The van der Waals surface area contributed by atoms with Gasteiger partial charge >= 0.3 is 5.97 Å². The third-order valence-corrected chi connectivity index (χ3v) is 3.92. The first-order valence-electron chi connectivity index (χ1n) is 7.59. The molecule has 0 spiro atoms. The molecule has 110 valence electrons. The smallest absolute Gasteiger partial charge is 0.303 e. The number of carbonyl (C=O) groups excluding carboxylic acids is 1. The number of aliphatic carboxylic acids is 1. The Balaban J connectivity index is 1.99. The van der Waals surface area contributed by atoms with Gasteiger partial charge in [0.05, 0.1) is 0 Å². The summed E-state index contributed by atoms with van der Waals surface area (Å²) in [5.41, 5.74) is 0. The zero-order valence-corrected chi connectivity index (χ0v) is 12.0. The summed E-state index contributed by atoms with van der Waals surface area (Å²) < 4.78 is 0. The fraction of sp³-hybridized carbons (Fsp3) is 0.867. The van der Waals surface area contributed by atoms with Crippen molar-refractivity contribution in [1.29, 1.82) is 0 Å². The van der Waals surface area contributed by atoms with Gasteiger partial charge in [0.15, 0.2) is 0 Å². The van der Waals surface area contributed by atoms with E-state index in [0.29, 0.717) is 5.92 Å². The monoisotopic (exact) mass is 269 g/mol. The van der Waals surface area contributed by atoms with Gasteiger partial charge in [-0.15, -0.1) is 0 Å². The fourth-order valence-corrected chi connectivity index (χ4v) is 2.78. The molecular weight excluding hydrogens is 242 g/mol. The number of hydrogen-bond acceptors (Lipinski definition) is 2. The van der Waals surface area contributed by atoms with Gasteiger partial charge in [-0.05, 0) is 31.6 Å². The average molecular weight is 269 g/mol. The Kier molecular flexibility index (Phi) is 7.53. The summed E-state index contributed by atoms with van der Waals surface area (Å²) in [6, 6.07) is 0. The van der Waals surface area contributed by atoms with Crippen molar-refractivity contribution < 1.29 is 14.7 Å². The lowest BCUT2D eigenvalue weighted by Gasteiger charge is -2.25. The topological polar surface area (TPSA) is 66.4 Å². The second-order valence-electron chi connectivity index (χ2n) is 5.82. The quantitative estimate of drug-likeness (QED) is 0.666. The molecule has 0 saturated heterocycles. The molecule has 1 saturated carbocycles. The first-order valence-corrected chi connectivity index (χ1v) is 7.59. The highest BCUT2D eigenvalue weighted by atomic mass is 16.4. The Morgan fingerprint density at radius 1 is 1.16 bits per heavy atom. The highest BCUT2D eigenvalue weighted by Gasteiger charge is 2.24. The molecular formula is C15H27NO3. The van der Waals surface area contributed by atoms with Crippen LogP contribution in [-0.4, -0.2) is 23.5 Å². The Morgan fingerprint density at radius 2 is 1.89 bits per heavy atom. The number of unbranched alkanes of at least 4 members (excludes halogenated alkanes) is 3. The highest BCUT2D eigenvalue weighted by Crippen LogP contribution is 2.28. The van der Waals surface area contributed by atoms with Crippen molar-refractivity contribution >= 4 is 11.9 Å². The molecule has 2 N–H and O–H groups in total. The van der Waals surface area contributed by atoms with Gasteiger partial charge in [-0.2, -0.15) is 0 Å². The van der Waals surface area contributed by atoms with E-state index in [1.54, 1.807) is 0 Å². The second-order valence-corrected chi connectivity index (χ2v) is 5.82. The van der Waals surface area contributed by atoms with Crippen LogP contribution in [0.25, 0.3) is 0 Å². The summed E-state index contributed by atoms with van der Waals surface area (Å²) in [5, 5.41) is 11.5. The van der Waals surface area contributed by atoms with Crippen LogP contribution >= 0.6 is 0 Å². The number of carboxylic acids is 1. The summed E-state index contributed by atoms with van der Waals surface area (Å²) in [4.78, 5) is 22.3. The Hall–Kier alpha value is -1.06. The first-order chi connectivity index (χ1) is 9.09. The molecule has 1 aliphatic carbocycles. The van der Waals surface area contributed by atoms with Crippen LogP contribution in [0.3, 0.4) is 0 Å². The summed E-state index contributed by atoms with van der Waals surface area (Å²) >= 11 is 0. The second kappa shape index (κ2) is 8.94. The van der Waals surface area contributed by atoms with Crippen molar-refractivity contribution in [2.75, 3.05) is 6.54 Å². The highest BCUT2D eigenvalue weighted by molar-refractivity contribution is 5.78. The molecule has 1 aliphatic rings. The van der Waals surface area contributed by atoms with Crippen LogP contribution in [-0.2, 0) is 9.59 Å².